The molecule has 0 aliphatic carbocycles. The van der Waals surface area contributed by atoms with Crippen LogP contribution >= 0.6 is 0 Å². The number of aryl methyl sites for hydroxylation is 1. The van der Waals surface area contributed by atoms with Gasteiger partial charge in [0.25, 0.3) is 5.91 Å². The minimum Gasteiger partial charge on any atom is -0.395 e. The Hall–Kier alpha value is -3.98. The van der Waals surface area contributed by atoms with Gasteiger partial charge in [-0.1, -0.05) is 24.3 Å². The van der Waals surface area contributed by atoms with Gasteiger partial charge in [-0.3, -0.25) is 4.79 Å². The van der Waals surface area contributed by atoms with Gasteiger partial charge in [0.15, 0.2) is 0 Å². The lowest BCUT2D eigenvalue weighted by molar-refractivity contribution is 0.102. The van der Waals surface area contributed by atoms with Gasteiger partial charge in [0.1, 0.15) is 0 Å². The number of nitrogens with zero attached hydrogens (tertiary/aromatic N) is 2. The molecule has 1 aliphatic heterocycles. The van der Waals surface area contributed by atoms with Crippen molar-refractivity contribution in [3.8, 4) is 11.1 Å². The Morgan fingerprint density at radius 2 is 1.85 bits per heavy atom. The van der Waals surface area contributed by atoms with E-state index in [0.717, 1.165) is 65.6 Å². The zero-order valence-electron chi connectivity index (χ0n) is 22.2. The third-order valence-electron chi connectivity index (χ3n) is 7.10. The molecule has 202 valence electrons. The maximum atomic E-state index is 12.9. The van der Waals surface area contributed by atoms with Gasteiger partial charge < -0.3 is 30.4 Å². The van der Waals surface area contributed by atoms with Crippen molar-refractivity contribution in [2.45, 2.75) is 25.9 Å². The summed E-state index contributed by atoms with van der Waals surface area (Å²) in [4.78, 5) is 22.3. The Balaban J connectivity index is 1.20. The Morgan fingerprint density at radius 1 is 1.08 bits per heavy atom. The zero-order valence-corrected chi connectivity index (χ0v) is 22.2. The number of amides is 1. The molecule has 1 aromatic heterocycles. The van der Waals surface area contributed by atoms with E-state index in [-0.39, 0.29) is 18.6 Å². The third kappa shape index (κ3) is 6.92. The molecule has 1 atom stereocenters. The van der Waals surface area contributed by atoms with Crippen molar-refractivity contribution in [2.24, 2.45) is 0 Å². The Kier molecular flexibility index (Phi) is 8.68. The summed E-state index contributed by atoms with van der Waals surface area (Å²) in [5, 5.41) is 16.2. The van der Waals surface area contributed by atoms with Gasteiger partial charge in [-0.05, 0) is 71.6 Å². The van der Waals surface area contributed by atoms with Crippen molar-refractivity contribution in [3.05, 3.63) is 102 Å². The van der Waals surface area contributed by atoms with Crippen LogP contribution in [0.3, 0.4) is 0 Å². The predicted octanol–water partition coefficient (Wildman–Crippen LogP) is 4.17. The molecule has 0 saturated carbocycles. The van der Waals surface area contributed by atoms with E-state index in [9.17, 15) is 9.90 Å². The van der Waals surface area contributed by atoms with Gasteiger partial charge in [-0.25, -0.2) is 4.98 Å². The molecule has 39 heavy (non-hydrogen) atoms. The first-order valence-corrected chi connectivity index (χ1v) is 13.3. The lowest BCUT2D eigenvalue weighted by Crippen LogP contribution is -2.36. The maximum Gasteiger partial charge on any atom is 0.255 e. The standard InChI is InChI=1S/C31H35N5O3/c1-22-2-3-23(18-33-28(20-37)17-27-19-32-21-34-27)16-30(22)24-4-6-25(7-5-24)31(38)35-26-8-10-29(11-9-26)36-12-14-39-15-13-36/h2-11,16,19,21,28,33,37H,12-15,17-18,20H2,1H3,(H,32,34)(H,35,38). The molecular formula is C31H35N5O3. The van der Waals surface area contributed by atoms with Crippen LogP contribution in [-0.2, 0) is 17.7 Å². The molecule has 4 N–H and O–H groups in total. The average Bonchev–Trinajstić information content (AvgIpc) is 3.50. The highest BCUT2D eigenvalue weighted by atomic mass is 16.5. The predicted molar refractivity (Wildman–Crippen MR) is 154 cm³/mol. The number of hydrogen-bond donors (Lipinski definition) is 4. The number of H-pyrrole nitrogens is 1. The van der Waals surface area contributed by atoms with Crippen molar-refractivity contribution in [3.63, 3.8) is 0 Å². The van der Waals surface area contributed by atoms with E-state index in [1.807, 2.05) is 48.5 Å². The summed E-state index contributed by atoms with van der Waals surface area (Å²) < 4.78 is 5.42. The number of aromatic nitrogens is 2. The molecule has 3 aromatic carbocycles. The number of nitrogens with one attached hydrogen (secondary N) is 3. The molecule has 1 unspecified atom stereocenters. The second kappa shape index (κ2) is 12.7. The Bertz CT molecular complexity index is 1350. The molecule has 1 saturated heterocycles. The fraction of sp³-hybridized carbons (Fsp3) is 0.290. The highest BCUT2D eigenvalue weighted by molar-refractivity contribution is 6.04. The van der Waals surface area contributed by atoms with Gasteiger partial charge in [0, 0.05) is 60.9 Å². The molecule has 1 aliphatic rings. The third-order valence-corrected chi connectivity index (χ3v) is 7.10. The van der Waals surface area contributed by atoms with Crippen molar-refractivity contribution < 1.29 is 14.6 Å². The van der Waals surface area contributed by atoms with Crippen LogP contribution < -0.4 is 15.5 Å². The lowest BCUT2D eigenvalue weighted by Gasteiger charge is -2.28. The quantitative estimate of drug-likeness (QED) is 0.248. The van der Waals surface area contributed by atoms with Crippen LogP contribution in [0.5, 0.6) is 0 Å². The number of carbonyl (C=O) groups excluding carboxylic acids is 1. The molecule has 0 radical (unpaired) electrons. The van der Waals surface area contributed by atoms with Crippen LogP contribution in [0, 0.1) is 6.92 Å². The number of ether oxygens (including phenoxy) is 1. The van der Waals surface area contributed by atoms with Gasteiger partial charge in [-0.15, -0.1) is 0 Å². The summed E-state index contributed by atoms with van der Waals surface area (Å²) in [6, 6.07) is 22.0. The Labute approximate surface area is 229 Å². The maximum absolute atomic E-state index is 12.9. The highest BCUT2D eigenvalue weighted by Gasteiger charge is 2.13. The molecule has 0 bridgehead atoms. The SMILES string of the molecule is Cc1ccc(CNC(CO)Cc2cnc[nH]2)cc1-c1ccc(C(=O)Nc2ccc(N3CCOCC3)cc2)cc1. The minimum absolute atomic E-state index is 0.0410. The van der Waals surface area contributed by atoms with E-state index in [0.29, 0.717) is 18.5 Å². The van der Waals surface area contributed by atoms with Crippen molar-refractivity contribution in [1.82, 2.24) is 15.3 Å². The largest absolute Gasteiger partial charge is 0.395 e. The highest BCUT2D eigenvalue weighted by Crippen LogP contribution is 2.26. The first kappa shape index (κ1) is 26.6. The summed E-state index contributed by atoms with van der Waals surface area (Å²) >= 11 is 0. The number of aliphatic hydroxyl groups excluding tert-OH is 1. The van der Waals surface area contributed by atoms with Crippen molar-refractivity contribution >= 4 is 17.3 Å². The van der Waals surface area contributed by atoms with E-state index in [4.69, 9.17) is 4.74 Å². The van der Waals surface area contributed by atoms with E-state index < -0.39 is 0 Å². The van der Waals surface area contributed by atoms with E-state index in [1.165, 1.54) is 0 Å². The number of aliphatic hydroxyl groups is 1. The van der Waals surface area contributed by atoms with E-state index >= 15 is 0 Å². The molecule has 1 fully saturated rings. The number of benzene rings is 3. The van der Waals surface area contributed by atoms with Crippen LogP contribution in [0.2, 0.25) is 0 Å². The molecule has 8 heteroatoms. The van der Waals surface area contributed by atoms with E-state index in [1.54, 1.807) is 12.5 Å². The number of carbonyl (C=O) groups is 1. The van der Waals surface area contributed by atoms with Crippen molar-refractivity contribution in [2.75, 3.05) is 43.1 Å². The minimum atomic E-state index is -0.136. The smallest absolute Gasteiger partial charge is 0.255 e. The van der Waals surface area contributed by atoms with Crippen LogP contribution in [0.1, 0.15) is 27.2 Å². The second-order valence-corrected chi connectivity index (χ2v) is 9.87. The van der Waals surface area contributed by atoms with Gasteiger partial charge >= 0.3 is 0 Å². The summed E-state index contributed by atoms with van der Waals surface area (Å²) in [6.07, 6.45) is 4.10. The number of rotatable bonds is 10. The monoisotopic (exact) mass is 525 g/mol. The number of anilines is 2. The van der Waals surface area contributed by atoms with E-state index in [2.05, 4.69) is 50.6 Å². The molecule has 5 rings (SSSR count). The fourth-order valence-electron chi connectivity index (χ4n) is 4.80. The molecule has 4 aromatic rings. The first-order valence-electron chi connectivity index (χ1n) is 13.3. The number of imidazole rings is 1. The molecule has 2 heterocycles. The Morgan fingerprint density at radius 3 is 2.54 bits per heavy atom. The summed E-state index contributed by atoms with van der Waals surface area (Å²) in [5.41, 5.74) is 7.96. The first-order chi connectivity index (χ1) is 19.1. The zero-order chi connectivity index (χ0) is 27.0. The van der Waals surface area contributed by atoms with Crippen LogP contribution in [-0.4, -0.2) is 59.9 Å². The molecular weight excluding hydrogens is 490 g/mol. The van der Waals surface area contributed by atoms with Gasteiger partial charge in [0.2, 0.25) is 0 Å². The average molecular weight is 526 g/mol. The number of morpholine rings is 1. The molecule has 1 amide bonds. The summed E-state index contributed by atoms with van der Waals surface area (Å²) in [5.74, 6) is -0.136. The van der Waals surface area contributed by atoms with Crippen molar-refractivity contribution in [1.29, 1.82) is 0 Å². The topological polar surface area (TPSA) is 103 Å². The molecule has 0 spiro atoms. The normalized spacial score (nSPS) is 14.3. The second-order valence-electron chi connectivity index (χ2n) is 9.87. The van der Waals surface area contributed by atoms with Gasteiger partial charge in [-0.2, -0.15) is 0 Å². The summed E-state index contributed by atoms with van der Waals surface area (Å²) in [6.45, 7) is 6.01. The summed E-state index contributed by atoms with van der Waals surface area (Å²) in [7, 11) is 0. The fourth-order valence-corrected chi connectivity index (χ4v) is 4.80. The van der Waals surface area contributed by atoms with Crippen LogP contribution in [0.15, 0.2) is 79.3 Å². The van der Waals surface area contributed by atoms with Crippen LogP contribution in [0.25, 0.3) is 11.1 Å². The molecule has 8 nitrogen and oxygen atoms in total. The lowest BCUT2D eigenvalue weighted by atomic mass is 9.97. The van der Waals surface area contributed by atoms with Crippen LogP contribution in [0.4, 0.5) is 11.4 Å². The number of hydrogen-bond acceptors (Lipinski definition) is 6. The van der Waals surface area contributed by atoms with Gasteiger partial charge in [0.05, 0.1) is 26.1 Å². The number of aromatic amines is 1.